The van der Waals surface area contributed by atoms with Gasteiger partial charge in [-0.3, -0.25) is 14.5 Å². The van der Waals surface area contributed by atoms with Crippen molar-refractivity contribution in [2.75, 3.05) is 19.8 Å². The van der Waals surface area contributed by atoms with E-state index < -0.39 is 0 Å². The van der Waals surface area contributed by atoms with E-state index in [0.29, 0.717) is 38.6 Å². The number of thioether (sulfide) groups is 1. The van der Waals surface area contributed by atoms with Crippen LogP contribution in [0.4, 0.5) is 9.18 Å². The predicted molar refractivity (Wildman–Crippen MR) is 150 cm³/mol. The zero-order valence-electron chi connectivity index (χ0n) is 21.3. The van der Waals surface area contributed by atoms with Crippen LogP contribution in [-0.4, -0.2) is 35.8 Å². The SMILES string of the molecule is CCOc1cc(/C=C2\SC(=O)N(CCOc3cc(C)ccc3C)C2=O)cc(Br)c1OCc1ccccc1F. The van der Waals surface area contributed by atoms with Crippen LogP contribution in [0.5, 0.6) is 17.2 Å². The molecule has 0 atom stereocenters. The molecule has 9 heteroatoms. The summed E-state index contributed by atoms with van der Waals surface area (Å²) >= 11 is 4.38. The summed E-state index contributed by atoms with van der Waals surface area (Å²) in [6, 6.07) is 15.8. The first-order valence-corrected chi connectivity index (χ1v) is 13.7. The Morgan fingerprint density at radius 1 is 1.00 bits per heavy atom. The summed E-state index contributed by atoms with van der Waals surface area (Å²) in [4.78, 5) is 27.1. The molecule has 0 radical (unpaired) electrons. The predicted octanol–water partition coefficient (Wildman–Crippen LogP) is 7.30. The van der Waals surface area contributed by atoms with E-state index in [1.54, 1.807) is 36.4 Å². The highest BCUT2D eigenvalue weighted by atomic mass is 79.9. The lowest BCUT2D eigenvalue weighted by atomic mass is 10.1. The van der Waals surface area contributed by atoms with E-state index in [0.717, 1.165) is 28.6 Å². The van der Waals surface area contributed by atoms with Gasteiger partial charge in [-0.25, -0.2) is 4.39 Å². The first-order valence-electron chi connectivity index (χ1n) is 12.0. The maximum absolute atomic E-state index is 14.0. The van der Waals surface area contributed by atoms with E-state index >= 15 is 0 Å². The quantitative estimate of drug-likeness (QED) is 0.228. The Kier molecular flexibility index (Phi) is 9.12. The third kappa shape index (κ3) is 6.57. The number of carbonyl (C=O) groups excluding carboxylic acids is 2. The zero-order valence-corrected chi connectivity index (χ0v) is 23.7. The number of halogens is 2. The van der Waals surface area contributed by atoms with Gasteiger partial charge in [-0.2, -0.15) is 0 Å². The lowest BCUT2D eigenvalue weighted by molar-refractivity contribution is -0.123. The molecule has 0 saturated carbocycles. The van der Waals surface area contributed by atoms with Crippen LogP contribution in [-0.2, 0) is 11.4 Å². The number of carbonyl (C=O) groups is 2. The minimum absolute atomic E-state index is 0.0216. The molecule has 1 aliphatic rings. The Morgan fingerprint density at radius 3 is 2.55 bits per heavy atom. The molecule has 38 heavy (non-hydrogen) atoms. The number of aryl methyl sites for hydroxylation is 2. The first kappa shape index (κ1) is 27.7. The summed E-state index contributed by atoms with van der Waals surface area (Å²) in [5.41, 5.74) is 3.12. The van der Waals surface area contributed by atoms with E-state index in [2.05, 4.69) is 15.9 Å². The standard InChI is InChI=1S/C29H27BrFNO5S/c1-4-35-25-15-20(14-22(30)27(25)37-17-21-7-5-6-8-23(21)31)16-26-28(33)32(29(34)38-26)11-12-36-24-13-18(2)9-10-19(24)3/h5-10,13-16H,4,11-12,17H2,1-3H3/b26-16-. The van der Waals surface area contributed by atoms with Gasteiger partial charge in [-0.1, -0.05) is 30.3 Å². The normalized spacial score (nSPS) is 14.3. The van der Waals surface area contributed by atoms with Crippen LogP contribution in [0.3, 0.4) is 0 Å². The van der Waals surface area contributed by atoms with Crippen LogP contribution in [0.15, 0.2) is 64.0 Å². The van der Waals surface area contributed by atoms with Crippen molar-refractivity contribution in [2.45, 2.75) is 27.4 Å². The number of ether oxygens (including phenoxy) is 3. The minimum Gasteiger partial charge on any atom is -0.491 e. The van der Waals surface area contributed by atoms with E-state index in [9.17, 15) is 14.0 Å². The molecular formula is C29H27BrFNO5S. The highest BCUT2D eigenvalue weighted by Gasteiger charge is 2.35. The number of benzene rings is 3. The van der Waals surface area contributed by atoms with Gasteiger partial charge in [0.15, 0.2) is 11.5 Å². The fraction of sp³-hybridized carbons (Fsp3) is 0.241. The van der Waals surface area contributed by atoms with Gasteiger partial charge in [-0.15, -0.1) is 0 Å². The van der Waals surface area contributed by atoms with Crippen molar-refractivity contribution in [3.05, 3.63) is 92.0 Å². The number of amides is 2. The largest absolute Gasteiger partial charge is 0.491 e. The highest BCUT2D eigenvalue weighted by Crippen LogP contribution is 2.40. The highest BCUT2D eigenvalue weighted by molar-refractivity contribution is 9.10. The molecule has 198 valence electrons. The summed E-state index contributed by atoms with van der Waals surface area (Å²) in [5.74, 6) is 0.861. The molecule has 3 aromatic rings. The third-order valence-corrected chi connectivity index (χ3v) is 7.25. The van der Waals surface area contributed by atoms with Gasteiger partial charge in [0.1, 0.15) is 24.8 Å². The van der Waals surface area contributed by atoms with Gasteiger partial charge in [0.2, 0.25) is 0 Å². The number of hydrogen-bond acceptors (Lipinski definition) is 6. The fourth-order valence-electron chi connectivity index (χ4n) is 3.79. The van der Waals surface area contributed by atoms with Crippen LogP contribution in [0, 0.1) is 19.7 Å². The van der Waals surface area contributed by atoms with Gasteiger partial charge in [0.05, 0.1) is 22.5 Å². The second-order valence-corrected chi connectivity index (χ2v) is 10.4. The van der Waals surface area contributed by atoms with E-state index in [1.807, 2.05) is 39.0 Å². The van der Waals surface area contributed by atoms with Crippen LogP contribution in [0.1, 0.15) is 29.2 Å². The monoisotopic (exact) mass is 599 g/mol. The second kappa shape index (κ2) is 12.5. The Morgan fingerprint density at radius 2 is 1.79 bits per heavy atom. The van der Waals surface area contributed by atoms with Crippen molar-refractivity contribution in [3.8, 4) is 17.2 Å². The molecular weight excluding hydrogens is 573 g/mol. The summed E-state index contributed by atoms with van der Waals surface area (Å²) in [7, 11) is 0. The molecule has 4 rings (SSSR count). The topological polar surface area (TPSA) is 65.1 Å². The maximum atomic E-state index is 14.0. The average molecular weight is 601 g/mol. The Balaban J connectivity index is 1.47. The molecule has 1 saturated heterocycles. The van der Waals surface area contributed by atoms with Crippen molar-refractivity contribution < 1.29 is 28.2 Å². The zero-order chi connectivity index (χ0) is 27.2. The third-order valence-electron chi connectivity index (χ3n) is 5.75. The van der Waals surface area contributed by atoms with Crippen molar-refractivity contribution in [1.29, 1.82) is 0 Å². The van der Waals surface area contributed by atoms with Crippen LogP contribution < -0.4 is 14.2 Å². The van der Waals surface area contributed by atoms with E-state index in [1.165, 1.54) is 11.0 Å². The number of hydrogen-bond donors (Lipinski definition) is 0. The molecule has 0 bridgehead atoms. The second-order valence-electron chi connectivity index (χ2n) is 8.59. The summed E-state index contributed by atoms with van der Waals surface area (Å²) < 4.78 is 32.1. The van der Waals surface area contributed by atoms with E-state index in [-0.39, 0.29) is 36.7 Å². The summed E-state index contributed by atoms with van der Waals surface area (Å²) in [5, 5.41) is -0.347. The smallest absolute Gasteiger partial charge is 0.293 e. The number of rotatable bonds is 10. The average Bonchev–Trinajstić information content (AvgIpc) is 3.14. The Hall–Kier alpha value is -3.30. The molecule has 1 aliphatic heterocycles. The Bertz CT molecular complexity index is 1390. The Labute approximate surface area is 233 Å². The lowest BCUT2D eigenvalue weighted by Crippen LogP contribution is -2.32. The molecule has 0 aromatic heterocycles. The summed E-state index contributed by atoms with van der Waals surface area (Å²) in [6.45, 7) is 6.51. The summed E-state index contributed by atoms with van der Waals surface area (Å²) in [6.07, 6.45) is 1.64. The lowest BCUT2D eigenvalue weighted by Gasteiger charge is -2.15. The molecule has 6 nitrogen and oxygen atoms in total. The number of imide groups is 1. The minimum atomic E-state index is -0.376. The molecule has 2 amide bonds. The van der Waals surface area contributed by atoms with Gasteiger partial charge in [-0.05, 0) is 95.5 Å². The van der Waals surface area contributed by atoms with Crippen LogP contribution in [0.25, 0.3) is 6.08 Å². The van der Waals surface area contributed by atoms with Crippen molar-refractivity contribution >= 4 is 44.9 Å². The van der Waals surface area contributed by atoms with Crippen LogP contribution >= 0.6 is 27.7 Å². The van der Waals surface area contributed by atoms with Gasteiger partial charge in [0.25, 0.3) is 11.1 Å². The van der Waals surface area contributed by atoms with Gasteiger partial charge < -0.3 is 14.2 Å². The molecule has 0 aliphatic carbocycles. The first-order chi connectivity index (χ1) is 18.3. The fourth-order valence-corrected chi connectivity index (χ4v) is 5.23. The van der Waals surface area contributed by atoms with Crippen molar-refractivity contribution in [3.63, 3.8) is 0 Å². The molecule has 0 unspecified atom stereocenters. The van der Waals surface area contributed by atoms with Crippen LogP contribution in [0.2, 0.25) is 0 Å². The molecule has 1 heterocycles. The number of nitrogens with zero attached hydrogens (tertiary/aromatic N) is 1. The van der Waals surface area contributed by atoms with Gasteiger partial charge in [0, 0.05) is 5.56 Å². The van der Waals surface area contributed by atoms with Crippen molar-refractivity contribution in [2.24, 2.45) is 0 Å². The molecule has 0 N–H and O–H groups in total. The maximum Gasteiger partial charge on any atom is 0.293 e. The molecule has 3 aromatic carbocycles. The van der Waals surface area contributed by atoms with Crippen molar-refractivity contribution in [1.82, 2.24) is 4.90 Å². The molecule has 1 fully saturated rings. The van der Waals surface area contributed by atoms with Gasteiger partial charge >= 0.3 is 0 Å². The molecule has 0 spiro atoms. The van der Waals surface area contributed by atoms with E-state index in [4.69, 9.17) is 14.2 Å².